The SMILES string of the molecule is C#CC(C)Oc1nc(NCCC)ccc1[N+](=O)[O-]. The van der Waals surface area contributed by atoms with Gasteiger partial charge >= 0.3 is 5.69 Å². The lowest BCUT2D eigenvalue weighted by Crippen LogP contribution is -2.12. The first kappa shape index (κ1) is 13.8. The molecule has 0 aliphatic rings. The number of nitrogens with zero attached hydrogens (tertiary/aromatic N) is 2. The maximum atomic E-state index is 10.8. The first-order valence-corrected chi connectivity index (χ1v) is 5.60. The van der Waals surface area contributed by atoms with Crippen molar-refractivity contribution >= 4 is 11.5 Å². The quantitative estimate of drug-likeness (QED) is 0.475. The maximum absolute atomic E-state index is 10.8. The molecule has 6 nitrogen and oxygen atoms in total. The molecule has 6 heteroatoms. The molecule has 96 valence electrons. The Bertz CT molecular complexity index is 468. The monoisotopic (exact) mass is 249 g/mol. The highest BCUT2D eigenvalue weighted by Crippen LogP contribution is 2.27. The molecule has 0 aromatic carbocycles. The lowest BCUT2D eigenvalue weighted by atomic mass is 10.3. The molecular weight excluding hydrogens is 234 g/mol. The van der Waals surface area contributed by atoms with Crippen LogP contribution in [0.4, 0.5) is 11.5 Å². The third-order valence-corrected chi connectivity index (χ3v) is 2.12. The van der Waals surface area contributed by atoms with Gasteiger partial charge in [-0.15, -0.1) is 6.42 Å². The van der Waals surface area contributed by atoms with E-state index in [1.165, 1.54) is 6.07 Å². The third kappa shape index (κ3) is 3.63. The molecule has 0 spiro atoms. The van der Waals surface area contributed by atoms with Crippen LogP contribution in [0.25, 0.3) is 0 Å². The van der Waals surface area contributed by atoms with Crippen molar-refractivity contribution in [2.24, 2.45) is 0 Å². The van der Waals surface area contributed by atoms with Gasteiger partial charge in [0.2, 0.25) is 0 Å². The maximum Gasteiger partial charge on any atom is 0.331 e. The van der Waals surface area contributed by atoms with Crippen molar-refractivity contribution in [1.29, 1.82) is 0 Å². The average Bonchev–Trinajstić information content (AvgIpc) is 2.36. The zero-order valence-corrected chi connectivity index (χ0v) is 10.3. The first-order valence-electron chi connectivity index (χ1n) is 5.60. The minimum absolute atomic E-state index is 0.0634. The number of hydrogen-bond donors (Lipinski definition) is 1. The molecular formula is C12H15N3O3. The van der Waals surface area contributed by atoms with E-state index in [0.717, 1.165) is 13.0 Å². The molecule has 0 saturated heterocycles. The first-order chi connectivity index (χ1) is 8.58. The molecule has 0 bridgehead atoms. The summed E-state index contributed by atoms with van der Waals surface area (Å²) in [5, 5.41) is 13.9. The van der Waals surface area contributed by atoms with Gasteiger partial charge in [-0.3, -0.25) is 10.1 Å². The fraction of sp³-hybridized carbons (Fsp3) is 0.417. The minimum atomic E-state index is -0.572. The number of pyridine rings is 1. The van der Waals surface area contributed by atoms with Crippen molar-refractivity contribution in [3.8, 4) is 18.2 Å². The van der Waals surface area contributed by atoms with Gasteiger partial charge in [-0.05, 0) is 19.4 Å². The van der Waals surface area contributed by atoms with Gasteiger partial charge in [0.15, 0.2) is 6.10 Å². The average molecular weight is 249 g/mol. The van der Waals surface area contributed by atoms with Gasteiger partial charge < -0.3 is 10.1 Å². The standard InChI is InChI=1S/C12H15N3O3/c1-4-8-13-11-7-6-10(15(16)17)12(14-11)18-9(3)5-2/h2,6-7,9H,4,8H2,1,3H3,(H,13,14). The summed E-state index contributed by atoms with van der Waals surface area (Å²) < 4.78 is 5.25. The number of nitrogens with one attached hydrogen (secondary N) is 1. The Morgan fingerprint density at radius 1 is 1.67 bits per heavy atom. The molecule has 0 aliphatic carbocycles. The summed E-state index contributed by atoms with van der Waals surface area (Å²) in [7, 11) is 0. The molecule has 0 saturated carbocycles. The Morgan fingerprint density at radius 3 is 2.94 bits per heavy atom. The summed E-state index contributed by atoms with van der Waals surface area (Å²) in [5.74, 6) is 2.80. The molecule has 1 aromatic rings. The largest absolute Gasteiger partial charge is 0.457 e. The molecule has 1 rings (SSSR count). The number of rotatable bonds is 6. The Balaban J connectivity index is 3.00. The highest BCUT2D eigenvalue weighted by molar-refractivity contribution is 5.49. The summed E-state index contributed by atoms with van der Waals surface area (Å²) in [6, 6.07) is 2.89. The number of hydrogen-bond acceptors (Lipinski definition) is 5. The minimum Gasteiger partial charge on any atom is -0.457 e. The van der Waals surface area contributed by atoms with E-state index in [1.54, 1.807) is 13.0 Å². The van der Waals surface area contributed by atoms with Crippen LogP contribution in [0, 0.1) is 22.5 Å². The van der Waals surface area contributed by atoms with Crippen LogP contribution in [0.3, 0.4) is 0 Å². The van der Waals surface area contributed by atoms with Crippen LogP contribution in [-0.2, 0) is 0 Å². The second-order valence-corrected chi connectivity index (χ2v) is 3.63. The molecule has 0 amide bonds. The third-order valence-electron chi connectivity index (χ3n) is 2.12. The molecule has 1 atom stereocenters. The highest BCUT2D eigenvalue weighted by Gasteiger charge is 2.19. The van der Waals surface area contributed by atoms with Gasteiger partial charge in [-0.25, -0.2) is 0 Å². The van der Waals surface area contributed by atoms with Crippen molar-refractivity contribution in [2.45, 2.75) is 26.4 Å². The van der Waals surface area contributed by atoms with Crippen LogP contribution in [0.5, 0.6) is 5.88 Å². The van der Waals surface area contributed by atoms with Crippen LogP contribution in [0.1, 0.15) is 20.3 Å². The lowest BCUT2D eigenvalue weighted by Gasteiger charge is -2.10. The second kappa shape index (κ2) is 6.45. The van der Waals surface area contributed by atoms with Crippen molar-refractivity contribution in [3.63, 3.8) is 0 Å². The number of anilines is 1. The molecule has 0 fully saturated rings. The van der Waals surface area contributed by atoms with Gasteiger partial charge in [0, 0.05) is 12.6 Å². The lowest BCUT2D eigenvalue weighted by molar-refractivity contribution is -0.386. The Labute approximate surface area is 106 Å². The number of aromatic nitrogens is 1. The molecule has 0 radical (unpaired) electrons. The zero-order chi connectivity index (χ0) is 13.5. The smallest absolute Gasteiger partial charge is 0.331 e. The second-order valence-electron chi connectivity index (χ2n) is 3.63. The molecule has 18 heavy (non-hydrogen) atoms. The van der Waals surface area contributed by atoms with Gasteiger partial charge in [0.1, 0.15) is 5.82 Å². The van der Waals surface area contributed by atoms with E-state index in [9.17, 15) is 10.1 Å². The van der Waals surface area contributed by atoms with Crippen molar-refractivity contribution in [1.82, 2.24) is 4.98 Å². The summed E-state index contributed by atoms with van der Waals surface area (Å²) in [5.41, 5.74) is -0.195. The molecule has 0 aliphatic heterocycles. The Hall–Kier alpha value is -2.29. The topological polar surface area (TPSA) is 77.3 Å². The van der Waals surface area contributed by atoms with Crippen molar-refractivity contribution in [3.05, 3.63) is 22.2 Å². The van der Waals surface area contributed by atoms with E-state index in [0.29, 0.717) is 5.82 Å². The molecule has 1 unspecified atom stereocenters. The molecule has 1 N–H and O–H groups in total. The van der Waals surface area contributed by atoms with Crippen LogP contribution in [0.2, 0.25) is 0 Å². The summed E-state index contributed by atoms with van der Waals surface area (Å²) in [6.07, 6.45) is 5.53. The Morgan fingerprint density at radius 2 is 2.39 bits per heavy atom. The number of nitro groups is 1. The van der Waals surface area contributed by atoms with E-state index < -0.39 is 11.0 Å². The Kier molecular flexibility index (Phi) is 4.93. The van der Waals surface area contributed by atoms with Crippen molar-refractivity contribution < 1.29 is 9.66 Å². The van der Waals surface area contributed by atoms with Crippen molar-refractivity contribution in [2.75, 3.05) is 11.9 Å². The van der Waals surface area contributed by atoms with E-state index in [4.69, 9.17) is 11.2 Å². The van der Waals surface area contributed by atoms with Crippen LogP contribution >= 0.6 is 0 Å². The summed E-state index contributed by atoms with van der Waals surface area (Å²) >= 11 is 0. The van der Waals surface area contributed by atoms with E-state index in [1.807, 2.05) is 6.92 Å². The van der Waals surface area contributed by atoms with Crippen LogP contribution in [-0.4, -0.2) is 22.6 Å². The fourth-order valence-corrected chi connectivity index (χ4v) is 1.21. The van der Waals surface area contributed by atoms with E-state index in [-0.39, 0.29) is 11.6 Å². The predicted molar refractivity (Wildman–Crippen MR) is 68.6 cm³/mol. The highest BCUT2D eigenvalue weighted by atomic mass is 16.6. The van der Waals surface area contributed by atoms with Crippen LogP contribution in [0.15, 0.2) is 12.1 Å². The van der Waals surface area contributed by atoms with Crippen LogP contribution < -0.4 is 10.1 Å². The summed E-state index contributed by atoms with van der Waals surface area (Å²) in [4.78, 5) is 14.3. The van der Waals surface area contributed by atoms with Gasteiger partial charge in [-0.2, -0.15) is 4.98 Å². The van der Waals surface area contributed by atoms with E-state index >= 15 is 0 Å². The van der Waals surface area contributed by atoms with Gasteiger partial charge in [-0.1, -0.05) is 12.8 Å². The van der Waals surface area contributed by atoms with Gasteiger partial charge in [0.05, 0.1) is 4.92 Å². The normalized spacial score (nSPS) is 11.4. The zero-order valence-electron chi connectivity index (χ0n) is 10.3. The van der Waals surface area contributed by atoms with E-state index in [2.05, 4.69) is 16.2 Å². The molecule has 1 aromatic heterocycles. The fourth-order valence-electron chi connectivity index (χ4n) is 1.21. The predicted octanol–water partition coefficient (Wildman–Crippen LogP) is 2.21. The number of ether oxygens (including phenoxy) is 1. The van der Waals surface area contributed by atoms with Gasteiger partial charge in [0.25, 0.3) is 5.88 Å². The number of terminal acetylenes is 1. The summed E-state index contributed by atoms with van der Waals surface area (Å²) in [6.45, 7) is 4.36. The molecule has 1 heterocycles.